The van der Waals surface area contributed by atoms with Crippen molar-refractivity contribution in [1.29, 1.82) is 0 Å². The van der Waals surface area contributed by atoms with E-state index in [1.165, 1.54) is 11.1 Å². The lowest BCUT2D eigenvalue weighted by Gasteiger charge is -2.17. The summed E-state index contributed by atoms with van der Waals surface area (Å²) < 4.78 is 0. The number of carboxylic acid groups (broad SMARTS) is 1. The Bertz CT molecular complexity index is 987. The normalized spacial score (nSPS) is 12.7. The number of para-hydroxylation sites is 1. The first-order valence-electron chi connectivity index (χ1n) is 8.32. The molecule has 2 N–H and O–H groups in total. The van der Waals surface area contributed by atoms with Gasteiger partial charge < -0.3 is 15.3 Å². The SMILES string of the molecule is O=C(O)c1ccccc1Nc1ccc2c(c1)CN(c1cccc(Cl)c1)C2. The number of aromatic carboxylic acids is 1. The third kappa shape index (κ3) is 3.24. The number of anilines is 3. The van der Waals surface area contributed by atoms with Crippen molar-refractivity contribution in [1.82, 2.24) is 0 Å². The second-order valence-electron chi connectivity index (χ2n) is 6.30. The van der Waals surface area contributed by atoms with Crippen molar-refractivity contribution in [3.05, 3.63) is 88.4 Å². The van der Waals surface area contributed by atoms with Crippen molar-refractivity contribution in [3.63, 3.8) is 0 Å². The first-order chi connectivity index (χ1) is 12.6. The summed E-state index contributed by atoms with van der Waals surface area (Å²) in [5, 5.41) is 13.3. The number of carbonyl (C=O) groups is 1. The van der Waals surface area contributed by atoms with E-state index in [4.69, 9.17) is 11.6 Å². The smallest absolute Gasteiger partial charge is 0.337 e. The molecule has 0 bridgehead atoms. The first-order valence-corrected chi connectivity index (χ1v) is 8.69. The molecule has 0 saturated carbocycles. The molecule has 1 aliphatic rings. The van der Waals surface area contributed by atoms with Crippen LogP contribution in [-0.2, 0) is 13.1 Å². The Kier molecular flexibility index (Phi) is 4.27. The molecule has 4 rings (SSSR count). The lowest BCUT2D eigenvalue weighted by molar-refractivity contribution is 0.0698. The molecule has 0 amide bonds. The van der Waals surface area contributed by atoms with Gasteiger partial charge in [-0.2, -0.15) is 0 Å². The summed E-state index contributed by atoms with van der Waals surface area (Å²) in [4.78, 5) is 13.6. The topological polar surface area (TPSA) is 52.6 Å². The fourth-order valence-corrected chi connectivity index (χ4v) is 3.45. The average Bonchev–Trinajstić information content (AvgIpc) is 3.05. The molecule has 0 unspecified atom stereocenters. The van der Waals surface area contributed by atoms with Crippen molar-refractivity contribution in [2.75, 3.05) is 10.2 Å². The molecule has 1 aliphatic heterocycles. The Morgan fingerprint density at radius 3 is 2.58 bits per heavy atom. The summed E-state index contributed by atoms with van der Waals surface area (Å²) in [5.74, 6) is -0.943. The highest BCUT2D eigenvalue weighted by Gasteiger charge is 2.20. The van der Waals surface area contributed by atoms with Gasteiger partial charge in [-0.25, -0.2) is 4.79 Å². The van der Waals surface area contributed by atoms with Crippen LogP contribution in [0.25, 0.3) is 0 Å². The molecule has 0 aromatic heterocycles. The first kappa shape index (κ1) is 16.5. The third-order valence-corrected chi connectivity index (χ3v) is 4.77. The summed E-state index contributed by atoms with van der Waals surface area (Å²) in [7, 11) is 0. The highest BCUT2D eigenvalue weighted by Crippen LogP contribution is 2.32. The van der Waals surface area contributed by atoms with E-state index in [1.807, 2.05) is 30.3 Å². The van der Waals surface area contributed by atoms with Crippen LogP contribution in [0.5, 0.6) is 0 Å². The second kappa shape index (κ2) is 6.73. The van der Waals surface area contributed by atoms with Gasteiger partial charge in [-0.3, -0.25) is 0 Å². The largest absolute Gasteiger partial charge is 0.478 e. The van der Waals surface area contributed by atoms with Gasteiger partial charge in [-0.05, 0) is 53.6 Å². The molecule has 0 saturated heterocycles. The summed E-state index contributed by atoms with van der Waals surface area (Å²) in [6, 6.07) is 20.9. The molecule has 0 aliphatic carbocycles. The van der Waals surface area contributed by atoms with Crippen LogP contribution in [0.15, 0.2) is 66.7 Å². The summed E-state index contributed by atoms with van der Waals surface area (Å²) in [5.41, 5.74) is 5.31. The summed E-state index contributed by atoms with van der Waals surface area (Å²) in [6.07, 6.45) is 0. The molecule has 0 spiro atoms. The Labute approximate surface area is 156 Å². The lowest BCUT2D eigenvalue weighted by Crippen LogP contribution is -2.14. The molecular weight excluding hydrogens is 348 g/mol. The number of nitrogens with zero attached hydrogens (tertiary/aromatic N) is 1. The van der Waals surface area contributed by atoms with Crippen molar-refractivity contribution in [2.45, 2.75) is 13.1 Å². The van der Waals surface area contributed by atoms with Crippen LogP contribution in [0.2, 0.25) is 5.02 Å². The second-order valence-corrected chi connectivity index (χ2v) is 6.73. The van der Waals surface area contributed by atoms with Crippen LogP contribution >= 0.6 is 11.6 Å². The van der Waals surface area contributed by atoms with Crippen molar-refractivity contribution in [2.24, 2.45) is 0 Å². The maximum atomic E-state index is 11.4. The highest BCUT2D eigenvalue weighted by atomic mass is 35.5. The van der Waals surface area contributed by atoms with E-state index in [9.17, 15) is 9.90 Å². The Balaban J connectivity index is 1.57. The van der Waals surface area contributed by atoms with Gasteiger partial charge in [0.15, 0.2) is 0 Å². The van der Waals surface area contributed by atoms with Crippen LogP contribution in [0.1, 0.15) is 21.5 Å². The molecule has 26 heavy (non-hydrogen) atoms. The summed E-state index contributed by atoms with van der Waals surface area (Å²) in [6.45, 7) is 1.63. The van der Waals surface area contributed by atoms with Gasteiger partial charge >= 0.3 is 5.97 Å². The molecule has 130 valence electrons. The van der Waals surface area contributed by atoms with Crippen LogP contribution in [0.4, 0.5) is 17.1 Å². The van der Waals surface area contributed by atoms with E-state index in [2.05, 4.69) is 28.4 Å². The minimum Gasteiger partial charge on any atom is -0.478 e. The minimum atomic E-state index is -0.943. The maximum absolute atomic E-state index is 11.4. The molecule has 3 aromatic rings. The number of benzene rings is 3. The van der Waals surface area contributed by atoms with Gasteiger partial charge in [0.1, 0.15) is 0 Å². The van der Waals surface area contributed by atoms with Crippen molar-refractivity contribution >= 4 is 34.6 Å². The number of carboxylic acids is 1. The molecule has 0 radical (unpaired) electrons. The van der Waals surface area contributed by atoms with E-state index >= 15 is 0 Å². The predicted octanol–water partition coefficient (Wildman–Crippen LogP) is 5.30. The predicted molar refractivity (Wildman–Crippen MR) is 104 cm³/mol. The Hall–Kier alpha value is -2.98. The van der Waals surface area contributed by atoms with Gasteiger partial charge in [-0.15, -0.1) is 0 Å². The van der Waals surface area contributed by atoms with Crippen LogP contribution in [0, 0.1) is 0 Å². The lowest BCUT2D eigenvalue weighted by atomic mass is 10.1. The minimum absolute atomic E-state index is 0.258. The average molecular weight is 365 g/mol. The number of hydrogen-bond donors (Lipinski definition) is 2. The zero-order valence-corrected chi connectivity index (χ0v) is 14.7. The number of hydrogen-bond acceptors (Lipinski definition) is 3. The highest BCUT2D eigenvalue weighted by molar-refractivity contribution is 6.30. The van der Waals surface area contributed by atoms with Crippen LogP contribution in [0.3, 0.4) is 0 Å². The maximum Gasteiger partial charge on any atom is 0.337 e. The van der Waals surface area contributed by atoms with E-state index in [1.54, 1.807) is 18.2 Å². The summed E-state index contributed by atoms with van der Waals surface area (Å²) >= 11 is 6.11. The van der Waals surface area contributed by atoms with Crippen molar-refractivity contribution < 1.29 is 9.90 Å². The molecule has 4 nitrogen and oxygen atoms in total. The number of rotatable bonds is 4. The molecule has 1 heterocycles. The standard InChI is InChI=1S/C21H17ClN2O2/c22-16-4-3-5-18(11-16)24-12-14-8-9-17(10-15(14)13-24)23-20-7-2-1-6-19(20)21(25)26/h1-11,23H,12-13H2,(H,25,26). The van der Waals surface area contributed by atoms with Crippen LogP contribution < -0.4 is 10.2 Å². The van der Waals surface area contributed by atoms with E-state index in [-0.39, 0.29) is 5.56 Å². The van der Waals surface area contributed by atoms with E-state index < -0.39 is 5.97 Å². The monoisotopic (exact) mass is 364 g/mol. The molecule has 0 atom stereocenters. The third-order valence-electron chi connectivity index (χ3n) is 4.54. The van der Waals surface area contributed by atoms with Gasteiger partial charge in [0.05, 0.1) is 11.3 Å². The molecular formula is C21H17ClN2O2. The number of fused-ring (bicyclic) bond motifs is 1. The van der Waals surface area contributed by atoms with Gasteiger partial charge in [-0.1, -0.05) is 35.9 Å². The molecule has 5 heteroatoms. The Morgan fingerprint density at radius 2 is 1.77 bits per heavy atom. The zero-order valence-electron chi connectivity index (χ0n) is 13.9. The molecule has 3 aromatic carbocycles. The quantitative estimate of drug-likeness (QED) is 0.659. The van der Waals surface area contributed by atoms with E-state index in [0.29, 0.717) is 5.69 Å². The van der Waals surface area contributed by atoms with Gasteiger partial charge in [0, 0.05) is 29.5 Å². The number of halogens is 1. The fourth-order valence-electron chi connectivity index (χ4n) is 3.26. The van der Waals surface area contributed by atoms with Crippen molar-refractivity contribution in [3.8, 4) is 0 Å². The zero-order chi connectivity index (χ0) is 18.1. The molecule has 0 fully saturated rings. The van der Waals surface area contributed by atoms with Gasteiger partial charge in [0.2, 0.25) is 0 Å². The van der Waals surface area contributed by atoms with Gasteiger partial charge in [0.25, 0.3) is 0 Å². The number of nitrogens with one attached hydrogen (secondary N) is 1. The Morgan fingerprint density at radius 1 is 0.962 bits per heavy atom. The fraction of sp³-hybridized carbons (Fsp3) is 0.0952. The van der Waals surface area contributed by atoms with Crippen LogP contribution in [-0.4, -0.2) is 11.1 Å². The van der Waals surface area contributed by atoms with E-state index in [0.717, 1.165) is 29.5 Å².